The molecular formula is C12H19NO3. The molecule has 1 aromatic rings. The van der Waals surface area contributed by atoms with E-state index in [1.165, 1.54) is 0 Å². The standard InChI is InChI=1S/C12H19NO3/c1-12(2,14)8-13-9-5-10(15-3)7-11(6-9)16-4/h5-7,13-14H,8H2,1-4H3. The number of methoxy groups -OCH3 is 2. The second-order valence-corrected chi connectivity index (χ2v) is 4.27. The average molecular weight is 225 g/mol. The second kappa shape index (κ2) is 5.07. The van der Waals surface area contributed by atoms with E-state index < -0.39 is 5.60 Å². The molecule has 16 heavy (non-hydrogen) atoms. The minimum absolute atomic E-state index is 0.462. The first-order valence-electron chi connectivity index (χ1n) is 5.14. The summed E-state index contributed by atoms with van der Waals surface area (Å²) in [4.78, 5) is 0. The van der Waals surface area contributed by atoms with Crippen molar-refractivity contribution in [3.63, 3.8) is 0 Å². The van der Waals surface area contributed by atoms with Crippen molar-refractivity contribution in [3.8, 4) is 11.5 Å². The van der Waals surface area contributed by atoms with Crippen molar-refractivity contribution in [2.24, 2.45) is 0 Å². The molecular weight excluding hydrogens is 206 g/mol. The molecule has 0 fully saturated rings. The monoisotopic (exact) mass is 225 g/mol. The molecule has 0 radical (unpaired) electrons. The van der Waals surface area contributed by atoms with E-state index in [2.05, 4.69) is 5.32 Å². The summed E-state index contributed by atoms with van der Waals surface area (Å²) in [5.74, 6) is 1.44. The van der Waals surface area contributed by atoms with Crippen LogP contribution in [0.25, 0.3) is 0 Å². The zero-order valence-corrected chi connectivity index (χ0v) is 10.2. The fraction of sp³-hybridized carbons (Fsp3) is 0.500. The molecule has 1 rings (SSSR count). The molecule has 0 unspecified atom stereocenters. The Morgan fingerprint density at radius 3 is 2.00 bits per heavy atom. The summed E-state index contributed by atoms with van der Waals surface area (Å²) in [6.07, 6.45) is 0. The Hall–Kier alpha value is -1.42. The van der Waals surface area contributed by atoms with Crippen LogP contribution in [0, 0.1) is 0 Å². The molecule has 90 valence electrons. The molecule has 0 bridgehead atoms. The van der Waals surface area contributed by atoms with Gasteiger partial charge in [0, 0.05) is 30.4 Å². The summed E-state index contributed by atoms with van der Waals surface area (Å²) in [7, 11) is 3.21. The molecule has 0 heterocycles. The predicted octanol–water partition coefficient (Wildman–Crippen LogP) is 1.89. The summed E-state index contributed by atoms with van der Waals surface area (Å²) in [6.45, 7) is 3.96. The van der Waals surface area contributed by atoms with E-state index in [1.54, 1.807) is 34.1 Å². The minimum Gasteiger partial charge on any atom is -0.497 e. The molecule has 0 saturated carbocycles. The summed E-state index contributed by atoms with van der Waals surface area (Å²) in [5, 5.41) is 12.7. The first-order chi connectivity index (χ1) is 7.44. The zero-order valence-electron chi connectivity index (χ0n) is 10.2. The Morgan fingerprint density at radius 2 is 1.62 bits per heavy atom. The zero-order chi connectivity index (χ0) is 12.2. The van der Waals surface area contributed by atoms with Crippen LogP contribution < -0.4 is 14.8 Å². The maximum atomic E-state index is 9.61. The smallest absolute Gasteiger partial charge is 0.124 e. The van der Waals surface area contributed by atoms with E-state index in [0.29, 0.717) is 6.54 Å². The molecule has 0 aliphatic rings. The lowest BCUT2D eigenvalue weighted by Gasteiger charge is -2.19. The summed E-state index contributed by atoms with van der Waals surface area (Å²) >= 11 is 0. The van der Waals surface area contributed by atoms with Crippen molar-refractivity contribution < 1.29 is 14.6 Å². The van der Waals surface area contributed by atoms with Gasteiger partial charge in [0.25, 0.3) is 0 Å². The molecule has 0 aliphatic heterocycles. The van der Waals surface area contributed by atoms with Gasteiger partial charge in [-0.2, -0.15) is 0 Å². The van der Waals surface area contributed by atoms with Crippen LogP contribution >= 0.6 is 0 Å². The van der Waals surface area contributed by atoms with Gasteiger partial charge < -0.3 is 19.9 Å². The number of aliphatic hydroxyl groups is 1. The van der Waals surface area contributed by atoms with Gasteiger partial charge >= 0.3 is 0 Å². The Morgan fingerprint density at radius 1 is 1.12 bits per heavy atom. The van der Waals surface area contributed by atoms with Crippen LogP contribution in [0.15, 0.2) is 18.2 Å². The first-order valence-corrected chi connectivity index (χ1v) is 5.14. The lowest BCUT2D eigenvalue weighted by Crippen LogP contribution is -2.29. The van der Waals surface area contributed by atoms with Crippen LogP contribution in [0.1, 0.15) is 13.8 Å². The maximum Gasteiger partial charge on any atom is 0.124 e. The minimum atomic E-state index is -0.754. The topological polar surface area (TPSA) is 50.7 Å². The fourth-order valence-corrected chi connectivity index (χ4v) is 1.23. The average Bonchev–Trinajstić information content (AvgIpc) is 2.25. The number of anilines is 1. The molecule has 4 heteroatoms. The summed E-state index contributed by atoms with van der Waals surface area (Å²) in [6, 6.07) is 5.51. The van der Waals surface area contributed by atoms with Crippen molar-refractivity contribution >= 4 is 5.69 Å². The van der Waals surface area contributed by atoms with Crippen LogP contribution in [0.2, 0.25) is 0 Å². The van der Waals surface area contributed by atoms with Gasteiger partial charge in [0.05, 0.1) is 19.8 Å². The third-order valence-corrected chi connectivity index (χ3v) is 2.08. The number of ether oxygens (including phenoxy) is 2. The third kappa shape index (κ3) is 3.98. The van der Waals surface area contributed by atoms with Gasteiger partial charge in [0.15, 0.2) is 0 Å². The molecule has 4 nitrogen and oxygen atoms in total. The van der Waals surface area contributed by atoms with E-state index in [4.69, 9.17) is 9.47 Å². The SMILES string of the molecule is COc1cc(NCC(C)(C)O)cc(OC)c1. The van der Waals surface area contributed by atoms with E-state index >= 15 is 0 Å². The highest BCUT2D eigenvalue weighted by Gasteiger charge is 2.12. The van der Waals surface area contributed by atoms with Crippen molar-refractivity contribution in [3.05, 3.63) is 18.2 Å². The summed E-state index contributed by atoms with van der Waals surface area (Å²) < 4.78 is 10.3. The molecule has 0 spiro atoms. The third-order valence-electron chi connectivity index (χ3n) is 2.08. The summed E-state index contributed by atoms with van der Waals surface area (Å²) in [5.41, 5.74) is 0.106. The Kier molecular flexibility index (Phi) is 4.01. The van der Waals surface area contributed by atoms with Gasteiger partial charge in [-0.15, -0.1) is 0 Å². The van der Waals surface area contributed by atoms with Crippen LogP contribution in [0.3, 0.4) is 0 Å². The van der Waals surface area contributed by atoms with Gasteiger partial charge in [-0.05, 0) is 13.8 Å². The van der Waals surface area contributed by atoms with Crippen LogP contribution in [-0.4, -0.2) is 31.5 Å². The molecule has 2 N–H and O–H groups in total. The van der Waals surface area contributed by atoms with Crippen LogP contribution in [0.5, 0.6) is 11.5 Å². The predicted molar refractivity (Wildman–Crippen MR) is 64.3 cm³/mol. The lowest BCUT2D eigenvalue weighted by atomic mass is 10.1. The largest absolute Gasteiger partial charge is 0.497 e. The highest BCUT2D eigenvalue weighted by atomic mass is 16.5. The van der Waals surface area contributed by atoms with Crippen molar-refractivity contribution in [2.45, 2.75) is 19.4 Å². The highest BCUT2D eigenvalue weighted by Crippen LogP contribution is 2.25. The first kappa shape index (κ1) is 12.6. The molecule has 0 atom stereocenters. The van der Waals surface area contributed by atoms with Gasteiger partial charge in [-0.1, -0.05) is 0 Å². The number of rotatable bonds is 5. The van der Waals surface area contributed by atoms with Crippen LogP contribution in [0.4, 0.5) is 5.69 Å². The fourth-order valence-electron chi connectivity index (χ4n) is 1.23. The molecule has 1 aromatic carbocycles. The van der Waals surface area contributed by atoms with E-state index in [1.807, 2.05) is 12.1 Å². The molecule has 0 saturated heterocycles. The van der Waals surface area contributed by atoms with Gasteiger partial charge in [0.1, 0.15) is 11.5 Å². The molecule has 0 amide bonds. The Balaban J connectivity index is 2.79. The van der Waals surface area contributed by atoms with E-state index in [9.17, 15) is 5.11 Å². The molecule has 0 aliphatic carbocycles. The van der Waals surface area contributed by atoms with Gasteiger partial charge in [-0.3, -0.25) is 0 Å². The maximum absolute atomic E-state index is 9.61. The van der Waals surface area contributed by atoms with Crippen molar-refractivity contribution in [1.82, 2.24) is 0 Å². The molecule has 0 aromatic heterocycles. The number of hydrogen-bond acceptors (Lipinski definition) is 4. The number of hydrogen-bond donors (Lipinski definition) is 2. The van der Waals surface area contributed by atoms with Gasteiger partial charge in [-0.25, -0.2) is 0 Å². The Bertz CT molecular complexity index is 322. The van der Waals surface area contributed by atoms with Crippen molar-refractivity contribution in [2.75, 3.05) is 26.1 Å². The quantitative estimate of drug-likeness (QED) is 0.803. The number of benzene rings is 1. The van der Waals surface area contributed by atoms with Crippen molar-refractivity contribution in [1.29, 1.82) is 0 Å². The van der Waals surface area contributed by atoms with Gasteiger partial charge in [0.2, 0.25) is 0 Å². The van der Waals surface area contributed by atoms with Crippen LogP contribution in [-0.2, 0) is 0 Å². The number of nitrogens with one attached hydrogen (secondary N) is 1. The second-order valence-electron chi connectivity index (χ2n) is 4.27. The van der Waals surface area contributed by atoms with E-state index in [-0.39, 0.29) is 0 Å². The van der Waals surface area contributed by atoms with E-state index in [0.717, 1.165) is 17.2 Å². The normalized spacial score (nSPS) is 11.1. The lowest BCUT2D eigenvalue weighted by molar-refractivity contribution is 0.0945. The highest BCUT2D eigenvalue weighted by molar-refractivity contribution is 5.53. The Labute approximate surface area is 96.2 Å².